The second-order valence-corrected chi connectivity index (χ2v) is 4.23. The molecule has 1 aromatic carbocycles. The average molecular weight is 190 g/mol. The third-order valence-corrected chi connectivity index (χ3v) is 3.01. The number of nitrogens with zero attached hydrogens (tertiary/aromatic N) is 1. The van der Waals surface area contributed by atoms with Gasteiger partial charge >= 0.3 is 0 Å². The number of hydrogen-bond acceptors (Lipinski definition) is 2. The molecule has 2 nitrogen and oxygen atoms in total. The molecule has 0 spiro atoms. The van der Waals surface area contributed by atoms with Crippen LogP contribution in [-0.4, -0.2) is 13.6 Å². The Labute approximate surface area is 85.7 Å². The van der Waals surface area contributed by atoms with Crippen LogP contribution in [-0.2, 0) is 0 Å². The van der Waals surface area contributed by atoms with Crippen molar-refractivity contribution in [3.8, 4) is 0 Å². The van der Waals surface area contributed by atoms with E-state index in [2.05, 4.69) is 37.1 Å². The maximum Gasteiger partial charge on any atom is 0.0414 e. The first-order valence-electron chi connectivity index (χ1n) is 5.26. The molecule has 1 atom stereocenters. The zero-order chi connectivity index (χ0) is 10.1. The fraction of sp³-hybridized carbons (Fsp3) is 0.500. The van der Waals surface area contributed by atoms with Crippen molar-refractivity contribution in [2.24, 2.45) is 5.73 Å². The third-order valence-electron chi connectivity index (χ3n) is 3.01. The molecule has 1 heterocycles. The Kier molecular flexibility index (Phi) is 2.46. The largest absolute Gasteiger partial charge is 0.374 e. The van der Waals surface area contributed by atoms with Crippen molar-refractivity contribution in [3.05, 3.63) is 29.3 Å². The highest BCUT2D eigenvalue weighted by Gasteiger charge is 2.17. The van der Waals surface area contributed by atoms with E-state index >= 15 is 0 Å². The van der Waals surface area contributed by atoms with Crippen LogP contribution in [0, 0.1) is 6.92 Å². The summed E-state index contributed by atoms with van der Waals surface area (Å²) in [7, 11) is 2.15. The predicted molar refractivity (Wildman–Crippen MR) is 60.6 cm³/mol. The first-order chi connectivity index (χ1) is 6.68. The lowest BCUT2D eigenvalue weighted by Crippen LogP contribution is -2.18. The minimum absolute atomic E-state index is 0.218. The Hall–Kier alpha value is -1.02. The van der Waals surface area contributed by atoms with Gasteiger partial charge in [0.05, 0.1) is 0 Å². The van der Waals surface area contributed by atoms with Crippen LogP contribution < -0.4 is 10.6 Å². The summed E-state index contributed by atoms with van der Waals surface area (Å²) < 4.78 is 0. The summed E-state index contributed by atoms with van der Waals surface area (Å²) in [5.74, 6) is 0. The topological polar surface area (TPSA) is 29.3 Å². The van der Waals surface area contributed by atoms with Gasteiger partial charge in [0.25, 0.3) is 0 Å². The number of fused-ring (bicyclic) bond motifs is 1. The van der Waals surface area contributed by atoms with Gasteiger partial charge in [0.2, 0.25) is 0 Å². The van der Waals surface area contributed by atoms with E-state index in [1.165, 1.54) is 23.2 Å². The molecule has 1 unspecified atom stereocenters. The Morgan fingerprint density at radius 3 is 3.00 bits per heavy atom. The Balaban J connectivity index is 2.48. The number of aryl methyl sites for hydroxylation is 1. The van der Waals surface area contributed by atoms with E-state index in [1.54, 1.807) is 0 Å². The maximum absolute atomic E-state index is 6.13. The van der Waals surface area contributed by atoms with Gasteiger partial charge in [-0.3, -0.25) is 0 Å². The van der Waals surface area contributed by atoms with Crippen LogP contribution in [0.15, 0.2) is 18.2 Å². The molecule has 0 aliphatic carbocycles. The zero-order valence-corrected chi connectivity index (χ0v) is 8.96. The summed E-state index contributed by atoms with van der Waals surface area (Å²) in [5, 5.41) is 0. The van der Waals surface area contributed by atoms with Gasteiger partial charge in [-0.2, -0.15) is 0 Å². The van der Waals surface area contributed by atoms with E-state index in [4.69, 9.17) is 5.73 Å². The van der Waals surface area contributed by atoms with E-state index in [0.717, 1.165) is 13.0 Å². The van der Waals surface area contributed by atoms with Crippen molar-refractivity contribution >= 4 is 5.69 Å². The Bertz CT molecular complexity index is 333. The highest BCUT2D eigenvalue weighted by Crippen LogP contribution is 2.31. The van der Waals surface area contributed by atoms with E-state index in [1.807, 2.05) is 0 Å². The molecule has 2 N–H and O–H groups in total. The Morgan fingerprint density at radius 1 is 1.43 bits per heavy atom. The second-order valence-electron chi connectivity index (χ2n) is 4.23. The fourth-order valence-corrected chi connectivity index (χ4v) is 2.12. The maximum atomic E-state index is 6.13. The Morgan fingerprint density at radius 2 is 2.21 bits per heavy atom. The van der Waals surface area contributed by atoms with Gasteiger partial charge in [-0.1, -0.05) is 12.1 Å². The van der Waals surface area contributed by atoms with E-state index in [9.17, 15) is 0 Å². The van der Waals surface area contributed by atoms with Crippen LogP contribution in [0.1, 0.15) is 30.0 Å². The first kappa shape index (κ1) is 9.53. The fourth-order valence-electron chi connectivity index (χ4n) is 2.12. The van der Waals surface area contributed by atoms with Crippen LogP contribution >= 0.6 is 0 Å². The third kappa shape index (κ3) is 1.62. The molecule has 0 amide bonds. The van der Waals surface area contributed by atoms with Crippen molar-refractivity contribution < 1.29 is 0 Å². The molecule has 76 valence electrons. The van der Waals surface area contributed by atoms with Crippen LogP contribution in [0.25, 0.3) is 0 Å². The van der Waals surface area contributed by atoms with Gasteiger partial charge in [0, 0.05) is 25.3 Å². The molecule has 0 radical (unpaired) electrons. The first-order valence-corrected chi connectivity index (χ1v) is 5.26. The van der Waals surface area contributed by atoms with Gasteiger partial charge in [-0.25, -0.2) is 0 Å². The zero-order valence-electron chi connectivity index (χ0n) is 8.96. The van der Waals surface area contributed by atoms with Crippen molar-refractivity contribution in [1.82, 2.24) is 0 Å². The summed E-state index contributed by atoms with van der Waals surface area (Å²) >= 11 is 0. The molecule has 1 aliphatic rings. The normalized spacial score (nSPS) is 21.6. The predicted octanol–water partition coefficient (Wildman–Crippen LogP) is 2.22. The van der Waals surface area contributed by atoms with Gasteiger partial charge in [0.1, 0.15) is 0 Å². The molecule has 0 fully saturated rings. The van der Waals surface area contributed by atoms with Gasteiger partial charge in [-0.05, 0) is 37.0 Å². The SMILES string of the molecule is Cc1ccc2c(c1)N(C)CCCC2N. The van der Waals surface area contributed by atoms with Crippen LogP contribution in [0.4, 0.5) is 5.69 Å². The van der Waals surface area contributed by atoms with E-state index in [0.29, 0.717) is 0 Å². The smallest absolute Gasteiger partial charge is 0.0414 e. The molecule has 2 rings (SSSR count). The lowest BCUT2D eigenvalue weighted by atomic mass is 10.0. The highest BCUT2D eigenvalue weighted by atomic mass is 15.1. The van der Waals surface area contributed by atoms with Crippen LogP contribution in [0.3, 0.4) is 0 Å². The van der Waals surface area contributed by atoms with Crippen LogP contribution in [0.5, 0.6) is 0 Å². The van der Waals surface area contributed by atoms with E-state index in [-0.39, 0.29) is 6.04 Å². The van der Waals surface area contributed by atoms with Gasteiger partial charge in [0.15, 0.2) is 0 Å². The second kappa shape index (κ2) is 3.62. The summed E-state index contributed by atoms with van der Waals surface area (Å²) in [6.07, 6.45) is 2.28. The molecule has 14 heavy (non-hydrogen) atoms. The molecular formula is C12H18N2. The summed E-state index contributed by atoms with van der Waals surface area (Å²) in [6.45, 7) is 3.24. The minimum atomic E-state index is 0.218. The molecule has 0 saturated carbocycles. The number of hydrogen-bond donors (Lipinski definition) is 1. The van der Waals surface area contributed by atoms with Crippen molar-refractivity contribution in [2.45, 2.75) is 25.8 Å². The molecule has 0 aromatic heterocycles. The standard InChI is InChI=1S/C12H18N2/c1-9-5-6-10-11(13)4-3-7-14(2)12(10)8-9/h5-6,8,11H,3-4,7,13H2,1-2H3. The molecule has 0 saturated heterocycles. The molecule has 1 aromatic rings. The molecular weight excluding hydrogens is 172 g/mol. The molecule has 2 heteroatoms. The lowest BCUT2D eigenvalue weighted by Gasteiger charge is -2.20. The van der Waals surface area contributed by atoms with Gasteiger partial charge < -0.3 is 10.6 Å². The van der Waals surface area contributed by atoms with Crippen molar-refractivity contribution in [2.75, 3.05) is 18.5 Å². The van der Waals surface area contributed by atoms with Crippen LogP contribution in [0.2, 0.25) is 0 Å². The number of rotatable bonds is 0. The number of anilines is 1. The average Bonchev–Trinajstić information content (AvgIpc) is 2.28. The van der Waals surface area contributed by atoms with Crippen molar-refractivity contribution in [3.63, 3.8) is 0 Å². The highest BCUT2D eigenvalue weighted by molar-refractivity contribution is 5.56. The monoisotopic (exact) mass is 190 g/mol. The summed E-state index contributed by atoms with van der Waals surface area (Å²) in [6, 6.07) is 6.78. The van der Waals surface area contributed by atoms with E-state index < -0.39 is 0 Å². The lowest BCUT2D eigenvalue weighted by molar-refractivity contribution is 0.633. The molecule has 0 bridgehead atoms. The summed E-state index contributed by atoms with van der Waals surface area (Å²) in [5.41, 5.74) is 10.1. The van der Waals surface area contributed by atoms with Gasteiger partial charge in [-0.15, -0.1) is 0 Å². The number of benzene rings is 1. The quantitative estimate of drug-likeness (QED) is 0.679. The molecule has 1 aliphatic heterocycles. The number of nitrogens with two attached hydrogens (primary N) is 1. The van der Waals surface area contributed by atoms with Crippen molar-refractivity contribution in [1.29, 1.82) is 0 Å². The minimum Gasteiger partial charge on any atom is -0.374 e. The summed E-state index contributed by atoms with van der Waals surface area (Å²) in [4.78, 5) is 2.31.